The van der Waals surface area contributed by atoms with E-state index in [0.29, 0.717) is 18.2 Å². The fourth-order valence-corrected chi connectivity index (χ4v) is 3.02. The van der Waals surface area contributed by atoms with E-state index < -0.39 is 0 Å². The Bertz CT molecular complexity index is 380. The van der Waals surface area contributed by atoms with Crippen LogP contribution in [0.3, 0.4) is 0 Å². The molecule has 0 heterocycles. The predicted molar refractivity (Wildman–Crippen MR) is 69.2 cm³/mol. The van der Waals surface area contributed by atoms with Crippen LogP contribution < -0.4 is 10.5 Å². The van der Waals surface area contributed by atoms with Gasteiger partial charge in [-0.05, 0) is 58.9 Å². The third kappa shape index (κ3) is 2.50. The molecule has 1 aromatic carbocycles. The maximum atomic E-state index is 9.73. The summed E-state index contributed by atoms with van der Waals surface area (Å²) in [6.07, 6.45) is 0.910. The number of nitrogens with two attached hydrogens (primary N) is 1. The number of hydrogen-bond acceptors (Lipinski definition) is 3. The molecule has 0 spiro atoms. The number of methoxy groups -OCH3 is 1. The monoisotopic (exact) mass is 287 g/mol. The van der Waals surface area contributed by atoms with Gasteiger partial charge in [0.25, 0.3) is 0 Å². The molecule has 16 heavy (non-hydrogen) atoms. The number of halogens is 1. The summed E-state index contributed by atoms with van der Waals surface area (Å²) < 4.78 is 6.00. The van der Waals surface area contributed by atoms with Crippen molar-refractivity contribution in [2.75, 3.05) is 13.7 Å². The third-order valence-corrected chi connectivity index (χ3v) is 3.53. The van der Waals surface area contributed by atoms with E-state index in [1.807, 2.05) is 6.92 Å². The molecule has 0 aliphatic rings. The quantitative estimate of drug-likeness (QED) is 0.895. The van der Waals surface area contributed by atoms with E-state index in [1.54, 1.807) is 13.2 Å². The number of phenolic OH excluding ortho intramolecular Hbond substituents is 1. The van der Waals surface area contributed by atoms with Crippen molar-refractivity contribution in [3.63, 3.8) is 0 Å². The Labute approximate surface area is 105 Å². The SMILES string of the molecule is COc1c(O)cc(C)c(C(C)CCN)c1Br. The first-order chi connectivity index (χ1) is 7.52. The van der Waals surface area contributed by atoms with Crippen molar-refractivity contribution in [3.8, 4) is 11.5 Å². The average molecular weight is 288 g/mol. The maximum absolute atomic E-state index is 9.73. The molecular weight excluding hydrogens is 270 g/mol. The maximum Gasteiger partial charge on any atom is 0.174 e. The van der Waals surface area contributed by atoms with Crippen molar-refractivity contribution in [1.29, 1.82) is 0 Å². The second-order valence-electron chi connectivity index (χ2n) is 3.95. The Morgan fingerprint density at radius 3 is 2.69 bits per heavy atom. The van der Waals surface area contributed by atoms with Gasteiger partial charge in [0.1, 0.15) is 0 Å². The Morgan fingerprint density at radius 1 is 1.56 bits per heavy atom. The molecule has 1 rings (SSSR count). The lowest BCUT2D eigenvalue weighted by molar-refractivity contribution is 0.369. The summed E-state index contributed by atoms with van der Waals surface area (Å²) in [6, 6.07) is 1.73. The molecule has 3 N–H and O–H groups in total. The van der Waals surface area contributed by atoms with Gasteiger partial charge in [0.05, 0.1) is 11.6 Å². The molecule has 0 fully saturated rings. The zero-order chi connectivity index (χ0) is 12.3. The Balaban J connectivity index is 3.27. The zero-order valence-electron chi connectivity index (χ0n) is 9.88. The summed E-state index contributed by atoms with van der Waals surface area (Å²) in [5.74, 6) is 0.994. The van der Waals surface area contributed by atoms with E-state index in [-0.39, 0.29) is 5.75 Å². The molecule has 0 saturated heterocycles. The molecule has 1 unspecified atom stereocenters. The molecule has 0 radical (unpaired) electrons. The van der Waals surface area contributed by atoms with Crippen LogP contribution in [0.4, 0.5) is 0 Å². The molecule has 1 atom stereocenters. The second kappa shape index (κ2) is 5.55. The molecule has 3 nitrogen and oxygen atoms in total. The minimum atomic E-state index is 0.163. The van der Waals surface area contributed by atoms with Gasteiger partial charge in [-0.25, -0.2) is 0 Å². The Kier molecular flexibility index (Phi) is 4.62. The molecular formula is C12H18BrNO2. The third-order valence-electron chi connectivity index (χ3n) is 2.74. The van der Waals surface area contributed by atoms with E-state index >= 15 is 0 Å². The van der Waals surface area contributed by atoms with E-state index in [2.05, 4.69) is 22.9 Å². The van der Waals surface area contributed by atoms with Gasteiger partial charge in [-0.2, -0.15) is 0 Å². The van der Waals surface area contributed by atoms with Crippen molar-refractivity contribution >= 4 is 15.9 Å². The van der Waals surface area contributed by atoms with Gasteiger partial charge in [0.15, 0.2) is 11.5 Å². The van der Waals surface area contributed by atoms with Crippen LogP contribution in [-0.2, 0) is 0 Å². The van der Waals surface area contributed by atoms with Crippen molar-refractivity contribution in [2.24, 2.45) is 5.73 Å². The van der Waals surface area contributed by atoms with E-state index in [9.17, 15) is 5.11 Å². The van der Waals surface area contributed by atoms with E-state index in [4.69, 9.17) is 10.5 Å². The van der Waals surface area contributed by atoms with Crippen molar-refractivity contribution in [3.05, 3.63) is 21.7 Å². The van der Waals surface area contributed by atoms with Crippen LogP contribution >= 0.6 is 15.9 Å². The predicted octanol–water partition coefficient (Wildman–Crippen LogP) is 2.92. The van der Waals surface area contributed by atoms with E-state index in [1.165, 1.54) is 0 Å². The van der Waals surface area contributed by atoms with Gasteiger partial charge in [-0.3, -0.25) is 0 Å². The van der Waals surface area contributed by atoms with Crippen molar-refractivity contribution in [2.45, 2.75) is 26.2 Å². The first-order valence-corrected chi connectivity index (χ1v) is 6.08. The summed E-state index contributed by atoms with van der Waals surface area (Å²) >= 11 is 3.49. The molecule has 1 aromatic rings. The van der Waals surface area contributed by atoms with Crippen molar-refractivity contribution < 1.29 is 9.84 Å². The van der Waals surface area contributed by atoms with Crippen LogP contribution in [0.15, 0.2) is 10.5 Å². The molecule has 0 aliphatic carbocycles. The second-order valence-corrected chi connectivity index (χ2v) is 4.74. The Morgan fingerprint density at radius 2 is 2.19 bits per heavy atom. The van der Waals surface area contributed by atoms with Gasteiger partial charge < -0.3 is 15.6 Å². The van der Waals surface area contributed by atoms with Crippen LogP contribution in [0.5, 0.6) is 11.5 Å². The molecule has 0 bridgehead atoms. The standard InChI is InChI=1S/C12H18BrNO2/c1-7(4-5-14)10-8(2)6-9(15)12(16-3)11(10)13/h6-7,15H,4-5,14H2,1-3H3. The van der Waals surface area contributed by atoms with Crippen LogP contribution in [-0.4, -0.2) is 18.8 Å². The van der Waals surface area contributed by atoms with Crippen LogP contribution in [0.1, 0.15) is 30.4 Å². The van der Waals surface area contributed by atoms with Crippen LogP contribution in [0.2, 0.25) is 0 Å². The van der Waals surface area contributed by atoms with Gasteiger partial charge in [-0.15, -0.1) is 0 Å². The largest absolute Gasteiger partial charge is 0.504 e. The van der Waals surface area contributed by atoms with Crippen LogP contribution in [0, 0.1) is 6.92 Å². The number of benzene rings is 1. The first kappa shape index (κ1) is 13.3. The number of hydrogen-bond donors (Lipinski definition) is 2. The summed E-state index contributed by atoms with van der Waals surface area (Å²) in [4.78, 5) is 0. The van der Waals surface area contributed by atoms with Gasteiger partial charge in [-0.1, -0.05) is 6.92 Å². The average Bonchev–Trinajstić information content (AvgIpc) is 2.17. The summed E-state index contributed by atoms with van der Waals surface area (Å²) in [5.41, 5.74) is 7.77. The summed E-state index contributed by atoms with van der Waals surface area (Å²) in [7, 11) is 1.55. The number of rotatable bonds is 4. The molecule has 90 valence electrons. The lowest BCUT2D eigenvalue weighted by atomic mass is 9.93. The molecule has 0 aliphatic heterocycles. The zero-order valence-corrected chi connectivity index (χ0v) is 11.5. The van der Waals surface area contributed by atoms with Crippen molar-refractivity contribution in [1.82, 2.24) is 0 Å². The fraction of sp³-hybridized carbons (Fsp3) is 0.500. The smallest absolute Gasteiger partial charge is 0.174 e. The lowest BCUT2D eigenvalue weighted by Gasteiger charge is -2.19. The summed E-state index contributed by atoms with van der Waals surface area (Å²) in [5, 5.41) is 9.73. The van der Waals surface area contributed by atoms with Crippen LogP contribution in [0.25, 0.3) is 0 Å². The highest BCUT2D eigenvalue weighted by Crippen LogP contribution is 2.42. The number of aryl methyl sites for hydroxylation is 1. The number of ether oxygens (including phenoxy) is 1. The highest BCUT2D eigenvalue weighted by atomic mass is 79.9. The number of phenols is 1. The lowest BCUT2D eigenvalue weighted by Crippen LogP contribution is -2.07. The highest BCUT2D eigenvalue weighted by molar-refractivity contribution is 9.10. The summed E-state index contributed by atoms with van der Waals surface area (Å²) in [6.45, 7) is 4.75. The minimum Gasteiger partial charge on any atom is -0.504 e. The van der Waals surface area contributed by atoms with Gasteiger partial charge in [0, 0.05) is 0 Å². The molecule has 0 aromatic heterocycles. The van der Waals surface area contributed by atoms with Gasteiger partial charge >= 0.3 is 0 Å². The fourth-order valence-electron chi connectivity index (χ4n) is 1.95. The topological polar surface area (TPSA) is 55.5 Å². The normalized spacial score (nSPS) is 12.6. The minimum absolute atomic E-state index is 0.163. The molecule has 0 amide bonds. The highest BCUT2D eigenvalue weighted by Gasteiger charge is 2.18. The van der Waals surface area contributed by atoms with E-state index in [0.717, 1.165) is 22.0 Å². The molecule has 0 saturated carbocycles. The number of aromatic hydroxyl groups is 1. The van der Waals surface area contributed by atoms with Gasteiger partial charge in [0.2, 0.25) is 0 Å². The molecule has 4 heteroatoms. The Hall–Kier alpha value is -0.740. The first-order valence-electron chi connectivity index (χ1n) is 5.28.